The second-order valence-corrected chi connectivity index (χ2v) is 8.12. The Morgan fingerprint density at radius 1 is 1.19 bits per heavy atom. The van der Waals surface area contributed by atoms with Gasteiger partial charge in [-0.25, -0.2) is 4.68 Å². The highest BCUT2D eigenvalue weighted by Gasteiger charge is 2.36. The summed E-state index contributed by atoms with van der Waals surface area (Å²) in [5.74, 6) is 0.209. The smallest absolute Gasteiger partial charge is 0.275 e. The first kappa shape index (κ1) is 20.2. The number of piperidine rings is 1. The summed E-state index contributed by atoms with van der Waals surface area (Å²) < 4.78 is 7.95. The SMILES string of the molecule is O=C(Cn1nc(-c2ccco2)ccc1=O)N1CC2CC(C1)c1ccc(N([O-])O)c(=O)n1C2. The van der Waals surface area contributed by atoms with Crippen molar-refractivity contribution in [1.29, 1.82) is 0 Å². The number of furan rings is 1. The number of likely N-dealkylation sites (tertiary alicyclic amines) is 1. The number of amides is 1. The van der Waals surface area contributed by atoms with Crippen molar-refractivity contribution < 1.29 is 14.4 Å². The van der Waals surface area contributed by atoms with Crippen LogP contribution in [-0.2, 0) is 17.9 Å². The predicted octanol–water partition coefficient (Wildman–Crippen LogP) is 1.00. The van der Waals surface area contributed by atoms with E-state index in [1.165, 1.54) is 23.0 Å². The van der Waals surface area contributed by atoms with Gasteiger partial charge in [-0.05, 0) is 42.7 Å². The second-order valence-electron chi connectivity index (χ2n) is 8.12. The van der Waals surface area contributed by atoms with Crippen molar-refractivity contribution in [2.75, 3.05) is 18.3 Å². The van der Waals surface area contributed by atoms with E-state index < -0.39 is 10.8 Å². The minimum atomic E-state index is -0.542. The molecule has 0 saturated carbocycles. The average molecular weight is 438 g/mol. The van der Waals surface area contributed by atoms with Crippen LogP contribution >= 0.6 is 0 Å². The van der Waals surface area contributed by atoms with Gasteiger partial charge in [-0.3, -0.25) is 19.6 Å². The summed E-state index contributed by atoms with van der Waals surface area (Å²) in [7, 11) is 0. The molecule has 11 heteroatoms. The molecule has 2 aliphatic heterocycles. The molecule has 0 aliphatic carbocycles. The van der Waals surface area contributed by atoms with Gasteiger partial charge in [0, 0.05) is 37.3 Å². The third-order valence-corrected chi connectivity index (χ3v) is 6.07. The van der Waals surface area contributed by atoms with Gasteiger partial charge in [-0.2, -0.15) is 5.10 Å². The van der Waals surface area contributed by atoms with Crippen molar-refractivity contribution in [2.45, 2.75) is 25.4 Å². The van der Waals surface area contributed by atoms with E-state index in [4.69, 9.17) is 9.62 Å². The fourth-order valence-corrected chi connectivity index (χ4v) is 4.63. The summed E-state index contributed by atoms with van der Waals surface area (Å²) in [6.07, 6.45) is 2.32. The molecular formula is C21H20N5O6-. The van der Waals surface area contributed by atoms with Crippen LogP contribution in [0, 0.1) is 11.1 Å². The van der Waals surface area contributed by atoms with E-state index in [1.54, 1.807) is 29.2 Å². The molecule has 1 saturated heterocycles. The molecule has 32 heavy (non-hydrogen) atoms. The highest BCUT2D eigenvalue weighted by Crippen LogP contribution is 2.35. The number of rotatable bonds is 4. The zero-order valence-corrected chi connectivity index (χ0v) is 17.0. The molecule has 2 unspecified atom stereocenters. The number of carbonyl (C=O) groups excluding carboxylic acids is 1. The minimum Gasteiger partial charge on any atom is -0.733 e. The molecule has 166 valence electrons. The molecule has 0 aromatic carbocycles. The van der Waals surface area contributed by atoms with Crippen molar-refractivity contribution in [3.63, 3.8) is 0 Å². The standard InChI is InChI=1S/C21H20N5O6/c27-19-6-3-15(18-2-1-7-32-18)22-25(19)12-20(28)23-9-13-8-14(11-23)16-4-5-17(26(30)31)21(29)24(16)10-13/h1-7,13-14,30H,8-12H2/q-1. The average Bonchev–Trinajstić information content (AvgIpc) is 3.30. The first-order chi connectivity index (χ1) is 15.4. The number of nitrogens with zero attached hydrogens (tertiary/aromatic N) is 5. The van der Waals surface area contributed by atoms with E-state index in [1.807, 2.05) is 0 Å². The van der Waals surface area contributed by atoms with Gasteiger partial charge in [0.1, 0.15) is 17.9 Å². The Balaban J connectivity index is 1.37. The fourth-order valence-electron chi connectivity index (χ4n) is 4.63. The van der Waals surface area contributed by atoms with Crippen LogP contribution in [0.2, 0.25) is 0 Å². The molecule has 5 rings (SSSR count). The lowest BCUT2D eigenvalue weighted by atomic mass is 9.83. The van der Waals surface area contributed by atoms with Crippen LogP contribution in [-0.4, -0.2) is 43.5 Å². The Bertz CT molecular complexity index is 1280. The Labute approximate surface area is 181 Å². The van der Waals surface area contributed by atoms with Gasteiger partial charge in [0.25, 0.3) is 11.1 Å². The van der Waals surface area contributed by atoms with Crippen molar-refractivity contribution in [1.82, 2.24) is 19.2 Å². The molecule has 2 bridgehead atoms. The lowest BCUT2D eigenvalue weighted by molar-refractivity contribution is -0.134. The number of aromatic nitrogens is 3. The number of hydrogen-bond donors (Lipinski definition) is 1. The molecule has 3 aromatic heterocycles. The van der Waals surface area contributed by atoms with Crippen LogP contribution < -0.4 is 16.3 Å². The highest BCUT2D eigenvalue weighted by atomic mass is 16.8. The third kappa shape index (κ3) is 3.51. The summed E-state index contributed by atoms with van der Waals surface area (Å²) in [6, 6.07) is 9.27. The Kier molecular flexibility index (Phi) is 4.91. The number of carbonyl (C=O) groups is 1. The molecule has 1 fully saturated rings. The van der Waals surface area contributed by atoms with Gasteiger partial charge in [0.15, 0.2) is 5.76 Å². The molecule has 2 aliphatic rings. The van der Waals surface area contributed by atoms with Gasteiger partial charge in [-0.1, -0.05) is 0 Å². The van der Waals surface area contributed by atoms with Crippen LogP contribution in [0.3, 0.4) is 0 Å². The quantitative estimate of drug-likeness (QED) is 0.596. The molecule has 1 N–H and O–H groups in total. The second kappa shape index (κ2) is 7.77. The third-order valence-electron chi connectivity index (χ3n) is 6.07. The molecule has 0 spiro atoms. The summed E-state index contributed by atoms with van der Waals surface area (Å²) in [6.45, 7) is 0.968. The Hall–Kier alpha value is -3.70. The van der Waals surface area contributed by atoms with Crippen LogP contribution in [0.1, 0.15) is 18.0 Å². The lowest BCUT2D eigenvalue weighted by Crippen LogP contribution is -2.50. The molecule has 0 radical (unpaired) electrons. The van der Waals surface area contributed by atoms with E-state index in [2.05, 4.69) is 5.10 Å². The molecule has 11 nitrogen and oxygen atoms in total. The van der Waals surface area contributed by atoms with Crippen LogP contribution in [0.25, 0.3) is 11.5 Å². The van der Waals surface area contributed by atoms with E-state index in [0.717, 1.165) is 16.8 Å². The zero-order chi connectivity index (χ0) is 22.4. The Morgan fingerprint density at radius 3 is 2.78 bits per heavy atom. The monoisotopic (exact) mass is 438 g/mol. The molecule has 5 heterocycles. The number of fused-ring (bicyclic) bond motifs is 4. The van der Waals surface area contributed by atoms with E-state index in [9.17, 15) is 19.6 Å². The van der Waals surface area contributed by atoms with E-state index in [-0.39, 0.29) is 35.5 Å². The number of hydrogen-bond acceptors (Lipinski definition) is 8. The van der Waals surface area contributed by atoms with Gasteiger partial charge in [0.05, 0.1) is 6.26 Å². The summed E-state index contributed by atoms with van der Waals surface area (Å²) in [4.78, 5) is 39.5. The van der Waals surface area contributed by atoms with Crippen molar-refractivity contribution in [3.8, 4) is 11.5 Å². The van der Waals surface area contributed by atoms with E-state index in [0.29, 0.717) is 31.1 Å². The van der Waals surface area contributed by atoms with Crippen molar-refractivity contribution >= 4 is 11.6 Å². The molecule has 2 atom stereocenters. The summed E-state index contributed by atoms with van der Waals surface area (Å²) in [5, 5.41) is 24.2. The maximum Gasteiger partial charge on any atom is 0.275 e. The van der Waals surface area contributed by atoms with Crippen LogP contribution in [0.15, 0.2) is 56.7 Å². The number of anilines is 1. The maximum absolute atomic E-state index is 13.0. The van der Waals surface area contributed by atoms with Crippen molar-refractivity contribution in [3.05, 3.63) is 74.3 Å². The Morgan fingerprint density at radius 2 is 2.03 bits per heavy atom. The molecule has 1 amide bonds. The summed E-state index contributed by atoms with van der Waals surface area (Å²) in [5.41, 5.74) is -0.0762. The van der Waals surface area contributed by atoms with Gasteiger partial charge in [0.2, 0.25) is 5.91 Å². The minimum absolute atomic E-state index is 0.0241. The van der Waals surface area contributed by atoms with Gasteiger partial charge >= 0.3 is 0 Å². The normalized spacial score (nSPS) is 19.5. The van der Waals surface area contributed by atoms with Crippen LogP contribution in [0.4, 0.5) is 5.69 Å². The van der Waals surface area contributed by atoms with Gasteiger partial charge < -0.3 is 24.3 Å². The predicted molar refractivity (Wildman–Crippen MR) is 112 cm³/mol. The zero-order valence-electron chi connectivity index (χ0n) is 17.0. The topological polar surface area (TPSA) is 137 Å². The van der Waals surface area contributed by atoms with Gasteiger partial charge in [-0.15, -0.1) is 0 Å². The van der Waals surface area contributed by atoms with Crippen molar-refractivity contribution in [2.24, 2.45) is 5.92 Å². The maximum atomic E-state index is 13.0. The van der Waals surface area contributed by atoms with E-state index >= 15 is 0 Å². The largest absolute Gasteiger partial charge is 0.733 e. The highest BCUT2D eigenvalue weighted by molar-refractivity contribution is 5.76. The molecular weight excluding hydrogens is 418 g/mol. The lowest BCUT2D eigenvalue weighted by Gasteiger charge is -2.43. The van der Waals surface area contributed by atoms with Crippen LogP contribution in [0.5, 0.6) is 0 Å². The number of pyridine rings is 1. The first-order valence-corrected chi connectivity index (χ1v) is 10.2. The first-order valence-electron chi connectivity index (χ1n) is 10.2. The molecule has 3 aromatic rings. The summed E-state index contributed by atoms with van der Waals surface area (Å²) >= 11 is 0. The fraction of sp³-hybridized carbons (Fsp3) is 0.333.